The number of hydrogen-bond acceptors (Lipinski definition) is 6. The van der Waals surface area contributed by atoms with Gasteiger partial charge in [0, 0.05) is 16.8 Å². The largest absolute Gasteiger partial charge is 0.459 e. The fourth-order valence-electron chi connectivity index (χ4n) is 3.02. The number of anilines is 1. The van der Waals surface area contributed by atoms with E-state index in [9.17, 15) is 9.59 Å². The van der Waals surface area contributed by atoms with E-state index in [-0.39, 0.29) is 31.3 Å². The first kappa shape index (κ1) is 21.7. The molecule has 2 aromatic heterocycles. The molecule has 1 amide bonds. The van der Waals surface area contributed by atoms with Crippen LogP contribution in [0.15, 0.2) is 29.6 Å². The predicted octanol–water partition coefficient (Wildman–Crippen LogP) is 3.89. The first-order valence-corrected chi connectivity index (χ1v) is 10.6. The van der Waals surface area contributed by atoms with Crippen molar-refractivity contribution in [3.05, 3.63) is 62.9 Å². The SMILES string of the molecule is Cc1ccc(C)c(NC(=O)Cc2nc(COC(=O)CCn3nc(C)cc3C)cs2)c1. The number of carbonyl (C=O) groups is 2. The topological polar surface area (TPSA) is 86.1 Å². The Morgan fingerprint density at radius 1 is 1.17 bits per heavy atom. The van der Waals surface area contributed by atoms with Crippen molar-refractivity contribution in [2.75, 3.05) is 5.32 Å². The first-order valence-electron chi connectivity index (χ1n) is 9.77. The van der Waals surface area contributed by atoms with Crippen molar-refractivity contribution in [1.82, 2.24) is 14.8 Å². The molecule has 0 bridgehead atoms. The van der Waals surface area contributed by atoms with Crippen LogP contribution in [0.4, 0.5) is 5.69 Å². The average molecular weight is 427 g/mol. The number of carbonyl (C=O) groups excluding carboxylic acids is 2. The van der Waals surface area contributed by atoms with Gasteiger partial charge in [-0.2, -0.15) is 5.10 Å². The number of thiazole rings is 1. The molecule has 2 heterocycles. The maximum Gasteiger partial charge on any atom is 0.308 e. The van der Waals surface area contributed by atoms with Crippen LogP contribution < -0.4 is 5.32 Å². The molecule has 3 aromatic rings. The van der Waals surface area contributed by atoms with E-state index in [4.69, 9.17) is 4.74 Å². The second-order valence-electron chi connectivity index (χ2n) is 7.34. The molecular formula is C22H26N4O3S. The Morgan fingerprint density at radius 2 is 1.97 bits per heavy atom. The van der Waals surface area contributed by atoms with E-state index < -0.39 is 0 Å². The van der Waals surface area contributed by atoms with Crippen molar-refractivity contribution in [3.8, 4) is 0 Å². The van der Waals surface area contributed by atoms with Crippen LogP contribution in [0.1, 0.15) is 39.6 Å². The molecule has 0 saturated carbocycles. The maximum absolute atomic E-state index is 12.3. The Morgan fingerprint density at radius 3 is 2.70 bits per heavy atom. The number of benzene rings is 1. The summed E-state index contributed by atoms with van der Waals surface area (Å²) < 4.78 is 7.10. The van der Waals surface area contributed by atoms with E-state index >= 15 is 0 Å². The Kier molecular flexibility index (Phi) is 6.99. The van der Waals surface area contributed by atoms with Crippen molar-refractivity contribution in [2.24, 2.45) is 0 Å². The Labute approximate surface area is 180 Å². The van der Waals surface area contributed by atoms with Crippen LogP contribution >= 0.6 is 11.3 Å². The fraction of sp³-hybridized carbons (Fsp3) is 0.364. The minimum atomic E-state index is -0.301. The number of esters is 1. The van der Waals surface area contributed by atoms with Gasteiger partial charge in [-0.3, -0.25) is 14.3 Å². The summed E-state index contributed by atoms with van der Waals surface area (Å²) in [5.74, 6) is -0.420. The second kappa shape index (κ2) is 9.67. The van der Waals surface area contributed by atoms with Gasteiger partial charge in [0.15, 0.2) is 0 Å². The third kappa shape index (κ3) is 6.00. The molecule has 0 radical (unpaired) electrons. The average Bonchev–Trinajstić information content (AvgIpc) is 3.26. The molecule has 0 aliphatic rings. The number of nitrogens with one attached hydrogen (secondary N) is 1. The van der Waals surface area contributed by atoms with Gasteiger partial charge in [0.1, 0.15) is 11.6 Å². The molecular weight excluding hydrogens is 400 g/mol. The molecule has 158 valence electrons. The molecule has 3 rings (SSSR count). The van der Waals surface area contributed by atoms with Crippen molar-refractivity contribution < 1.29 is 14.3 Å². The van der Waals surface area contributed by atoms with Gasteiger partial charge < -0.3 is 10.1 Å². The van der Waals surface area contributed by atoms with Crippen LogP contribution in [-0.4, -0.2) is 26.6 Å². The molecule has 0 saturated heterocycles. The minimum absolute atomic E-state index is 0.102. The third-order valence-electron chi connectivity index (χ3n) is 4.59. The molecule has 30 heavy (non-hydrogen) atoms. The predicted molar refractivity (Wildman–Crippen MR) is 116 cm³/mol. The Hall–Kier alpha value is -3.00. The number of aromatic nitrogens is 3. The standard InChI is InChI=1S/C22H26N4O3S/c1-14-5-6-15(2)19(9-14)24-20(27)11-21-23-18(13-30-21)12-29-22(28)7-8-26-17(4)10-16(3)25-26/h5-6,9-10,13H,7-8,11-12H2,1-4H3,(H,24,27). The summed E-state index contributed by atoms with van der Waals surface area (Å²) in [6.45, 7) is 8.41. The summed E-state index contributed by atoms with van der Waals surface area (Å²) >= 11 is 1.39. The summed E-state index contributed by atoms with van der Waals surface area (Å²) in [5, 5.41) is 9.76. The van der Waals surface area contributed by atoms with Gasteiger partial charge in [0.05, 0.1) is 30.8 Å². The maximum atomic E-state index is 12.3. The Bertz CT molecular complexity index is 1050. The molecule has 0 unspecified atom stereocenters. The van der Waals surface area contributed by atoms with Crippen molar-refractivity contribution in [2.45, 2.75) is 53.7 Å². The fourth-order valence-corrected chi connectivity index (χ4v) is 3.80. The van der Waals surface area contributed by atoms with Gasteiger partial charge in [-0.05, 0) is 51.0 Å². The summed E-state index contributed by atoms with van der Waals surface area (Å²) in [6.07, 6.45) is 0.432. The molecule has 0 atom stereocenters. The lowest BCUT2D eigenvalue weighted by Crippen LogP contribution is -2.15. The van der Waals surface area contributed by atoms with Crippen LogP contribution in [0.3, 0.4) is 0 Å². The third-order valence-corrected chi connectivity index (χ3v) is 5.49. The highest BCUT2D eigenvalue weighted by Gasteiger charge is 2.12. The number of amides is 1. The highest BCUT2D eigenvalue weighted by Crippen LogP contribution is 2.18. The van der Waals surface area contributed by atoms with Gasteiger partial charge in [0.25, 0.3) is 0 Å². The lowest BCUT2D eigenvalue weighted by molar-refractivity contribution is -0.145. The molecule has 8 heteroatoms. The molecule has 1 N–H and O–H groups in total. The molecule has 0 aliphatic carbocycles. The molecule has 1 aromatic carbocycles. The smallest absolute Gasteiger partial charge is 0.308 e. The summed E-state index contributed by atoms with van der Waals surface area (Å²) in [5.41, 5.74) is 5.51. The van der Waals surface area contributed by atoms with E-state index in [1.165, 1.54) is 11.3 Å². The lowest BCUT2D eigenvalue weighted by atomic mass is 10.1. The monoisotopic (exact) mass is 426 g/mol. The quantitative estimate of drug-likeness (QED) is 0.552. The number of ether oxygens (including phenoxy) is 1. The summed E-state index contributed by atoms with van der Waals surface area (Å²) in [4.78, 5) is 28.7. The number of hydrogen-bond donors (Lipinski definition) is 1. The number of rotatable bonds is 8. The lowest BCUT2D eigenvalue weighted by Gasteiger charge is -2.08. The van der Waals surface area contributed by atoms with Gasteiger partial charge in [-0.1, -0.05) is 12.1 Å². The Balaban J connectivity index is 1.45. The van der Waals surface area contributed by atoms with Crippen LogP contribution in [0.25, 0.3) is 0 Å². The van der Waals surface area contributed by atoms with Crippen LogP contribution in [0.2, 0.25) is 0 Å². The minimum Gasteiger partial charge on any atom is -0.459 e. The molecule has 0 fully saturated rings. The second-order valence-corrected chi connectivity index (χ2v) is 8.28. The summed E-state index contributed by atoms with van der Waals surface area (Å²) in [6, 6.07) is 7.91. The molecule has 0 aliphatic heterocycles. The molecule has 0 spiro atoms. The zero-order valence-corrected chi connectivity index (χ0v) is 18.5. The molecule has 7 nitrogen and oxygen atoms in total. The normalized spacial score (nSPS) is 10.8. The van der Waals surface area contributed by atoms with E-state index in [2.05, 4.69) is 15.4 Å². The van der Waals surface area contributed by atoms with Crippen molar-refractivity contribution in [1.29, 1.82) is 0 Å². The van der Waals surface area contributed by atoms with Crippen molar-refractivity contribution >= 4 is 28.9 Å². The van der Waals surface area contributed by atoms with Crippen LogP contribution in [-0.2, 0) is 33.9 Å². The highest BCUT2D eigenvalue weighted by atomic mass is 32.1. The van der Waals surface area contributed by atoms with Crippen LogP contribution in [0, 0.1) is 27.7 Å². The van der Waals surface area contributed by atoms with E-state index in [0.717, 1.165) is 28.2 Å². The van der Waals surface area contributed by atoms with Gasteiger partial charge in [-0.15, -0.1) is 11.3 Å². The van der Waals surface area contributed by atoms with Gasteiger partial charge in [0.2, 0.25) is 5.91 Å². The summed E-state index contributed by atoms with van der Waals surface area (Å²) in [7, 11) is 0. The van der Waals surface area contributed by atoms with Gasteiger partial charge in [-0.25, -0.2) is 4.98 Å². The number of aryl methyl sites for hydroxylation is 5. The van der Waals surface area contributed by atoms with Crippen LogP contribution in [0.5, 0.6) is 0 Å². The van der Waals surface area contributed by atoms with E-state index in [1.807, 2.05) is 57.3 Å². The zero-order chi connectivity index (χ0) is 21.7. The van der Waals surface area contributed by atoms with E-state index in [1.54, 1.807) is 4.68 Å². The van der Waals surface area contributed by atoms with E-state index in [0.29, 0.717) is 17.2 Å². The zero-order valence-electron chi connectivity index (χ0n) is 17.7. The first-order chi connectivity index (χ1) is 14.3. The highest BCUT2D eigenvalue weighted by molar-refractivity contribution is 7.09. The number of nitrogens with zero attached hydrogens (tertiary/aromatic N) is 3. The van der Waals surface area contributed by atoms with Crippen molar-refractivity contribution in [3.63, 3.8) is 0 Å². The van der Waals surface area contributed by atoms with Gasteiger partial charge >= 0.3 is 5.97 Å².